The average Bonchev–Trinajstić information content (AvgIpc) is 3.29. The number of hydrogen-bond acceptors (Lipinski definition) is 6. The van der Waals surface area contributed by atoms with Gasteiger partial charge >= 0.3 is 0 Å². The second-order valence-corrected chi connectivity index (χ2v) is 7.82. The van der Waals surface area contributed by atoms with Crippen molar-refractivity contribution in [2.75, 3.05) is 18.2 Å². The molecule has 162 valence electrons. The Kier molecular flexibility index (Phi) is 6.66. The van der Waals surface area contributed by atoms with E-state index in [-0.39, 0.29) is 24.1 Å². The van der Waals surface area contributed by atoms with Gasteiger partial charge in [0.05, 0.1) is 19.4 Å². The van der Waals surface area contributed by atoms with E-state index in [9.17, 15) is 9.59 Å². The maximum Gasteiger partial charge on any atom is 0.251 e. The summed E-state index contributed by atoms with van der Waals surface area (Å²) in [5, 5.41) is 15.1. The number of thioether (sulfide) groups is 1. The average molecular weight is 448 g/mol. The number of aromatic amines is 1. The number of methoxy groups -OCH3 is 1. The van der Waals surface area contributed by atoms with Gasteiger partial charge < -0.3 is 15.4 Å². The molecule has 0 bridgehead atoms. The Labute approximate surface area is 188 Å². The molecule has 0 aliphatic carbocycles. The summed E-state index contributed by atoms with van der Waals surface area (Å²) < 4.78 is 5.09. The topological polar surface area (TPSA) is 109 Å². The van der Waals surface area contributed by atoms with Crippen LogP contribution in [0.1, 0.15) is 16.2 Å². The molecular weight excluding hydrogens is 426 g/mol. The van der Waals surface area contributed by atoms with Gasteiger partial charge in [0.25, 0.3) is 5.91 Å². The SMILES string of the molecule is COc1ccc(C(=O)NCc2nc(SCC(=O)Nc3ccc4ccccc4c3)n[nH]2)cc1. The molecule has 0 radical (unpaired) electrons. The Hall–Kier alpha value is -3.85. The number of carbonyl (C=O) groups is 2. The summed E-state index contributed by atoms with van der Waals surface area (Å²) in [6.45, 7) is 0.196. The minimum Gasteiger partial charge on any atom is -0.497 e. The zero-order chi connectivity index (χ0) is 22.3. The molecule has 1 aromatic heterocycles. The van der Waals surface area contributed by atoms with Gasteiger partial charge in [-0.25, -0.2) is 4.98 Å². The predicted molar refractivity (Wildman–Crippen MR) is 124 cm³/mol. The first-order valence-corrected chi connectivity index (χ1v) is 10.8. The van der Waals surface area contributed by atoms with E-state index in [4.69, 9.17) is 4.74 Å². The van der Waals surface area contributed by atoms with Gasteiger partial charge in [-0.1, -0.05) is 42.1 Å². The standard InChI is InChI=1S/C23H21N5O3S/c1-31-19-10-7-16(8-11-19)22(30)24-13-20-26-23(28-27-20)32-14-21(29)25-18-9-6-15-4-2-3-5-17(15)12-18/h2-12H,13-14H2,1H3,(H,24,30)(H,25,29)(H,26,27,28). The van der Waals surface area contributed by atoms with Crippen molar-refractivity contribution in [3.05, 3.63) is 78.1 Å². The lowest BCUT2D eigenvalue weighted by atomic mass is 10.1. The largest absolute Gasteiger partial charge is 0.497 e. The van der Waals surface area contributed by atoms with Crippen molar-refractivity contribution in [1.82, 2.24) is 20.5 Å². The van der Waals surface area contributed by atoms with E-state index in [0.717, 1.165) is 16.5 Å². The van der Waals surface area contributed by atoms with Crippen molar-refractivity contribution in [1.29, 1.82) is 0 Å². The predicted octanol–water partition coefficient (Wildman–Crippen LogP) is 3.63. The van der Waals surface area contributed by atoms with Crippen molar-refractivity contribution in [3.8, 4) is 5.75 Å². The van der Waals surface area contributed by atoms with Gasteiger partial charge in [-0.15, -0.1) is 5.10 Å². The number of ether oxygens (including phenoxy) is 1. The fraction of sp³-hybridized carbons (Fsp3) is 0.130. The van der Waals surface area contributed by atoms with Gasteiger partial charge in [-0.3, -0.25) is 14.7 Å². The number of rotatable bonds is 8. The smallest absolute Gasteiger partial charge is 0.251 e. The van der Waals surface area contributed by atoms with Crippen LogP contribution in [0.15, 0.2) is 71.9 Å². The molecule has 4 aromatic rings. The number of fused-ring (bicyclic) bond motifs is 1. The maximum absolute atomic E-state index is 12.3. The fourth-order valence-electron chi connectivity index (χ4n) is 3.02. The third-order valence-electron chi connectivity index (χ3n) is 4.65. The molecule has 0 saturated carbocycles. The first-order valence-electron chi connectivity index (χ1n) is 9.86. The minimum absolute atomic E-state index is 0.149. The lowest BCUT2D eigenvalue weighted by Gasteiger charge is -2.05. The van der Waals surface area contributed by atoms with Crippen LogP contribution in [0.4, 0.5) is 5.69 Å². The lowest BCUT2D eigenvalue weighted by Crippen LogP contribution is -2.23. The van der Waals surface area contributed by atoms with Crippen LogP contribution in [0.3, 0.4) is 0 Å². The molecule has 0 atom stereocenters. The summed E-state index contributed by atoms with van der Waals surface area (Å²) in [5.74, 6) is 0.979. The molecule has 32 heavy (non-hydrogen) atoms. The second-order valence-electron chi connectivity index (χ2n) is 6.87. The number of aromatic nitrogens is 3. The van der Waals surface area contributed by atoms with Crippen LogP contribution in [-0.2, 0) is 11.3 Å². The zero-order valence-electron chi connectivity index (χ0n) is 17.3. The van der Waals surface area contributed by atoms with Crippen molar-refractivity contribution in [3.63, 3.8) is 0 Å². The normalized spacial score (nSPS) is 10.7. The Bertz CT molecular complexity index is 1240. The molecular formula is C23H21N5O3S. The van der Waals surface area contributed by atoms with E-state index in [1.54, 1.807) is 31.4 Å². The summed E-state index contributed by atoms with van der Waals surface area (Å²) in [6, 6.07) is 20.6. The molecule has 9 heteroatoms. The molecule has 8 nitrogen and oxygen atoms in total. The van der Waals surface area contributed by atoms with Crippen LogP contribution in [0.25, 0.3) is 10.8 Å². The zero-order valence-corrected chi connectivity index (χ0v) is 18.1. The van der Waals surface area contributed by atoms with Crippen LogP contribution >= 0.6 is 11.8 Å². The highest BCUT2D eigenvalue weighted by atomic mass is 32.2. The highest BCUT2D eigenvalue weighted by Gasteiger charge is 2.10. The molecule has 0 spiro atoms. The minimum atomic E-state index is -0.229. The van der Waals surface area contributed by atoms with Crippen molar-refractivity contribution in [2.24, 2.45) is 0 Å². The van der Waals surface area contributed by atoms with Crippen molar-refractivity contribution < 1.29 is 14.3 Å². The highest BCUT2D eigenvalue weighted by molar-refractivity contribution is 7.99. The molecule has 0 aliphatic rings. The summed E-state index contributed by atoms with van der Waals surface area (Å²) in [4.78, 5) is 28.8. The van der Waals surface area contributed by atoms with E-state index in [1.165, 1.54) is 11.8 Å². The lowest BCUT2D eigenvalue weighted by molar-refractivity contribution is -0.113. The molecule has 0 unspecified atom stereocenters. The van der Waals surface area contributed by atoms with Crippen molar-refractivity contribution >= 4 is 40.0 Å². The van der Waals surface area contributed by atoms with Gasteiger partial charge in [-0.2, -0.15) is 0 Å². The molecule has 2 amide bonds. The number of anilines is 1. The number of amides is 2. The van der Waals surface area contributed by atoms with E-state index in [1.807, 2.05) is 42.5 Å². The second kappa shape index (κ2) is 9.97. The Morgan fingerprint density at radius 1 is 1.03 bits per heavy atom. The number of carbonyl (C=O) groups excluding carboxylic acids is 2. The Morgan fingerprint density at radius 2 is 1.81 bits per heavy atom. The van der Waals surface area contributed by atoms with Gasteiger partial charge in [0.15, 0.2) is 0 Å². The van der Waals surface area contributed by atoms with Gasteiger partial charge in [0, 0.05) is 11.3 Å². The monoisotopic (exact) mass is 447 g/mol. The van der Waals surface area contributed by atoms with Gasteiger partial charge in [0.1, 0.15) is 11.6 Å². The summed E-state index contributed by atoms with van der Waals surface area (Å²) in [5.41, 5.74) is 1.26. The van der Waals surface area contributed by atoms with Crippen LogP contribution in [0.5, 0.6) is 5.75 Å². The van der Waals surface area contributed by atoms with Crippen LogP contribution in [-0.4, -0.2) is 39.9 Å². The first kappa shape index (κ1) is 21.4. The fourth-order valence-corrected chi connectivity index (χ4v) is 3.64. The Balaban J connectivity index is 1.25. The van der Waals surface area contributed by atoms with Crippen LogP contribution in [0.2, 0.25) is 0 Å². The number of nitrogens with zero attached hydrogens (tertiary/aromatic N) is 2. The van der Waals surface area contributed by atoms with Crippen molar-refractivity contribution in [2.45, 2.75) is 11.7 Å². The summed E-state index contributed by atoms with van der Waals surface area (Å²) in [6.07, 6.45) is 0. The number of benzene rings is 3. The first-order chi connectivity index (χ1) is 15.6. The Morgan fingerprint density at radius 3 is 2.59 bits per heavy atom. The van der Waals surface area contributed by atoms with E-state index in [2.05, 4.69) is 25.8 Å². The molecule has 0 aliphatic heterocycles. The number of nitrogens with one attached hydrogen (secondary N) is 3. The highest BCUT2D eigenvalue weighted by Crippen LogP contribution is 2.20. The van der Waals surface area contributed by atoms with E-state index in [0.29, 0.717) is 22.3 Å². The van der Waals surface area contributed by atoms with E-state index < -0.39 is 0 Å². The van der Waals surface area contributed by atoms with Crippen LogP contribution < -0.4 is 15.4 Å². The molecule has 3 N–H and O–H groups in total. The quantitative estimate of drug-likeness (QED) is 0.356. The van der Waals surface area contributed by atoms with E-state index >= 15 is 0 Å². The summed E-state index contributed by atoms with van der Waals surface area (Å²) >= 11 is 1.21. The number of hydrogen-bond donors (Lipinski definition) is 3. The third-order valence-corrected chi connectivity index (χ3v) is 5.49. The molecule has 1 heterocycles. The van der Waals surface area contributed by atoms with Gasteiger partial charge in [0.2, 0.25) is 11.1 Å². The molecule has 0 saturated heterocycles. The molecule has 4 rings (SSSR count). The third kappa shape index (κ3) is 5.44. The molecule has 0 fully saturated rings. The number of H-pyrrole nitrogens is 1. The maximum atomic E-state index is 12.3. The summed E-state index contributed by atoms with van der Waals surface area (Å²) in [7, 11) is 1.57. The van der Waals surface area contributed by atoms with Gasteiger partial charge in [-0.05, 0) is 47.2 Å². The van der Waals surface area contributed by atoms with Crippen LogP contribution in [0, 0.1) is 0 Å². The molecule has 3 aromatic carbocycles.